The Labute approximate surface area is 128 Å². The fourth-order valence-electron chi connectivity index (χ4n) is 2.47. The molecule has 0 amide bonds. The van der Waals surface area contributed by atoms with Gasteiger partial charge in [0.25, 0.3) is 0 Å². The lowest BCUT2D eigenvalue weighted by Gasteiger charge is -2.20. The Kier molecular flexibility index (Phi) is 5.20. The highest BCUT2D eigenvalue weighted by Crippen LogP contribution is 2.28. The lowest BCUT2D eigenvalue weighted by molar-refractivity contribution is -0.138. The van der Waals surface area contributed by atoms with Crippen molar-refractivity contribution in [1.29, 1.82) is 0 Å². The van der Waals surface area contributed by atoms with Crippen LogP contribution < -0.4 is 0 Å². The number of carbonyl (C=O) groups is 3. The molecular formula is C18H16O4. The van der Waals surface area contributed by atoms with E-state index in [1.54, 1.807) is 60.7 Å². The summed E-state index contributed by atoms with van der Waals surface area (Å²) in [5, 5.41) is 9.10. The molecular weight excluding hydrogens is 280 g/mol. The molecule has 0 heterocycles. The Bertz CT molecular complexity index is 649. The van der Waals surface area contributed by atoms with Crippen LogP contribution in [0.4, 0.5) is 0 Å². The SMILES string of the molecule is O=CC(c1ccccc1)C(CC(=O)O)C(=O)c1ccccc1. The van der Waals surface area contributed by atoms with Crippen molar-refractivity contribution in [3.05, 3.63) is 71.8 Å². The van der Waals surface area contributed by atoms with Crippen molar-refractivity contribution in [3.63, 3.8) is 0 Å². The van der Waals surface area contributed by atoms with Gasteiger partial charge in [-0.25, -0.2) is 0 Å². The second-order valence-corrected chi connectivity index (χ2v) is 5.01. The van der Waals surface area contributed by atoms with Crippen LogP contribution in [0.3, 0.4) is 0 Å². The molecule has 0 fully saturated rings. The lowest BCUT2D eigenvalue weighted by atomic mass is 9.80. The number of carboxylic acid groups (broad SMARTS) is 1. The Morgan fingerprint density at radius 1 is 0.955 bits per heavy atom. The van der Waals surface area contributed by atoms with Crippen LogP contribution in [0.2, 0.25) is 0 Å². The number of hydrogen-bond donors (Lipinski definition) is 1. The number of aliphatic carboxylic acids is 1. The summed E-state index contributed by atoms with van der Waals surface area (Å²) in [7, 11) is 0. The van der Waals surface area contributed by atoms with Gasteiger partial charge in [0.15, 0.2) is 5.78 Å². The quantitative estimate of drug-likeness (QED) is 0.630. The Balaban J connectivity index is 2.38. The molecule has 112 valence electrons. The fraction of sp³-hybridized carbons (Fsp3) is 0.167. The van der Waals surface area contributed by atoms with Crippen molar-refractivity contribution < 1.29 is 19.5 Å². The third kappa shape index (κ3) is 3.67. The Hall–Kier alpha value is -2.75. The number of aldehydes is 1. The lowest BCUT2D eigenvalue weighted by Crippen LogP contribution is -2.26. The van der Waals surface area contributed by atoms with Crippen molar-refractivity contribution in [2.24, 2.45) is 5.92 Å². The molecule has 2 atom stereocenters. The molecule has 1 N–H and O–H groups in total. The molecule has 0 aliphatic rings. The van der Waals surface area contributed by atoms with Gasteiger partial charge in [0, 0.05) is 11.5 Å². The average Bonchev–Trinajstić information content (AvgIpc) is 2.55. The van der Waals surface area contributed by atoms with Crippen LogP contribution in [-0.4, -0.2) is 23.1 Å². The highest BCUT2D eigenvalue weighted by molar-refractivity contribution is 6.01. The first-order valence-electron chi connectivity index (χ1n) is 6.94. The zero-order chi connectivity index (χ0) is 15.9. The maximum absolute atomic E-state index is 12.6. The minimum Gasteiger partial charge on any atom is -0.481 e. The minimum absolute atomic E-state index is 0.330. The summed E-state index contributed by atoms with van der Waals surface area (Å²) >= 11 is 0. The largest absolute Gasteiger partial charge is 0.481 e. The van der Waals surface area contributed by atoms with E-state index in [9.17, 15) is 14.4 Å². The molecule has 0 aromatic heterocycles. The van der Waals surface area contributed by atoms with E-state index in [0.717, 1.165) is 0 Å². The van der Waals surface area contributed by atoms with Gasteiger partial charge < -0.3 is 9.90 Å². The Morgan fingerprint density at radius 3 is 2.00 bits per heavy atom. The molecule has 2 rings (SSSR count). The molecule has 2 unspecified atom stereocenters. The summed E-state index contributed by atoms with van der Waals surface area (Å²) in [6.45, 7) is 0. The smallest absolute Gasteiger partial charge is 0.304 e. The molecule has 0 saturated heterocycles. The number of ketones is 1. The maximum Gasteiger partial charge on any atom is 0.304 e. The predicted octanol–water partition coefficient (Wildman–Crippen LogP) is 2.94. The molecule has 0 radical (unpaired) electrons. The van der Waals surface area contributed by atoms with E-state index >= 15 is 0 Å². The van der Waals surface area contributed by atoms with E-state index in [1.807, 2.05) is 0 Å². The summed E-state index contributed by atoms with van der Waals surface area (Å²) < 4.78 is 0. The molecule has 4 nitrogen and oxygen atoms in total. The van der Waals surface area contributed by atoms with Gasteiger partial charge in [-0.2, -0.15) is 0 Å². The highest BCUT2D eigenvalue weighted by atomic mass is 16.4. The van der Waals surface area contributed by atoms with Crippen LogP contribution in [0.1, 0.15) is 28.3 Å². The van der Waals surface area contributed by atoms with Crippen molar-refractivity contribution in [3.8, 4) is 0 Å². The van der Waals surface area contributed by atoms with Gasteiger partial charge in [0.05, 0.1) is 12.3 Å². The summed E-state index contributed by atoms with van der Waals surface area (Å²) in [6, 6.07) is 17.2. The van der Waals surface area contributed by atoms with Crippen molar-refractivity contribution in [2.45, 2.75) is 12.3 Å². The predicted molar refractivity (Wildman–Crippen MR) is 81.8 cm³/mol. The van der Waals surface area contributed by atoms with Gasteiger partial charge in [0.1, 0.15) is 6.29 Å². The van der Waals surface area contributed by atoms with E-state index in [4.69, 9.17) is 5.11 Å². The molecule has 0 aliphatic carbocycles. The summed E-state index contributed by atoms with van der Waals surface area (Å²) in [5.41, 5.74) is 1.06. The topological polar surface area (TPSA) is 71.4 Å². The first kappa shape index (κ1) is 15.6. The van der Waals surface area contributed by atoms with Crippen LogP contribution in [0, 0.1) is 5.92 Å². The van der Waals surface area contributed by atoms with Crippen LogP contribution >= 0.6 is 0 Å². The van der Waals surface area contributed by atoms with Crippen LogP contribution in [0.25, 0.3) is 0 Å². The van der Waals surface area contributed by atoms with Crippen LogP contribution in [-0.2, 0) is 9.59 Å². The van der Waals surface area contributed by atoms with E-state index in [0.29, 0.717) is 17.4 Å². The number of benzene rings is 2. The van der Waals surface area contributed by atoms with Gasteiger partial charge in [-0.1, -0.05) is 60.7 Å². The summed E-state index contributed by atoms with van der Waals surface area (Å²) in [4.78, 5) is 35.3. The monoisotopic (exact) mass is 296 g/mol. The zero-order valence-electron chi connectivity index (χ0n) is 11.9. The van der Waals surface area contributed by atoms with Gasteiger partial charge in [-0.15, -0.1) is 0 Å². The maximum atomic E-state index is 12.6. The molecule has 0 aliphatic heterocycles. The van der Waals surface area contributed by atoms with Gasteiger partial charge in [-0.3, -0.25) is 9.59 Å². The average molecular weight is 296 g/mol. The van der Waals surface area contributed by atoms with Gasteiger partial charge >= 0.3 is 5.97 Å². The molecule has 2 aromatic carbocycles. The van der Waals surface area contributed by atoms with Gasteiger partial charge in [0.2, 0.25) is 0 Å². The normalized spacial score (nSPS) is 13.1. The van der Waals surface area contributed by atoms with Crippen molar-refractivity contribution in [2.75, 3.05) is 0 Å². The molecule has 0 spiro atoms. The summed E-state index contributed by atoms with van der Waals surface area (Å²) in [6.07, 6.45) is 0.274. The first-order valence-corrected chi connectivity index (χ1v) is 6.94. The van der Waals surface area contributed by atoms with Crippen molar-refractivity contribution in [1.82, 2.24) is 0 Å². The third-order valence-electron chi connectivity index (χ3n) is 3.55. The molecule has 0 saturated carbocycles. The number of Topliss-reactive ketones (excluding diaryl/α,β-unsaturated/α-hetero) is 1. The van der Waals surface area contributed by atoms with Crippen LogP contribution in [0.15, 0.2) is 60.7 Å². The second kappa shape index (κ2) is 7.31. The molecule has 2 aromatic rings. The standard InChI is InChI=1S/C18H16O4/c19-12-16(13-7-3-1-4-8-13)15(11-17(20)21)18(22)14-9-5-2-6-10-14/h1-10,12,15-16H,11H2,(H,20,21). The number of carbonyl (C=O) groups excluding carboxylic acids is 2. The number of carboxylic acids is 1. The van der Waals surface area contributed by atoms with Crippen LogP contribution in [0.5, 0.6) is 0 Å². The number of hydrogen-bond acceptors (Lipinski definition) is 3. The first-order chi connectivity index (χ1) is 10.6. The second-order valence-electron chi connectivity index (χ2n) is 5.01. The fourth-order valence-corrected chi connectivity index (χ4v) is 2.47. The molecule has 4 heteroatoms. The summed E-state index contributed by atoms with van der Waals surface area (Å²) in [5.74, 6) is -3.12. The van der Waals surface area contributed by atoms with E-state index in [-0.39, 0.29) is 12.2 Å². The number of rotatable bonds is 7. The highest BCUT2D eigenvalue weighted by Gasteiger charge is 2.32. The van der Waals surface area contributed by atoms with E-state index < -0.39 is 17.8 Å². The van der Waals surface area contributed by atoms with E-state index in [1.165, 1.54) is 0 Å². The minimum atomic E-state index is -1.10. The van der Waals surface area contributed by atoms with E-state index in [2.05, 4.69) is 0 Å². The molecule has 22 heavy (non-hydrogen) atoms. The van der Waals surface area contributed by atoms with Crippen molar-refractivity contribution >= 4 is 18.0 Å². The Morgan fingerprint density at radius 2 is 1.50 bits per heavy atom. The third-order valence-corrected chi connectivity index (χ3v) is 3.55. The van der Waals surface area contributed by atoms with Gasteiger partial charge in [-0.05, 0) is 5.56 Å². The zero-order valence-corrected chi connectivity index (χ0v) is 11.9. The molecule has 0 bridgehead atoms.